The minimum absolute atomic E-state index is 0.0681. The molecule has 0 aliphatic carbocycles. The minimum Gasteiger partial charge on any atom is -0.460 e. The molecule has 28 heavy (non-hydrogen) atoms. The molecule has 0 saturated carbocycles. The highest BCUT2D eigenvalue weighted by Gasteiger charge is 2.25. The van der Waals surface area contributed by atoms with Crippen LogP contribution in [0.15, 0.2) is 30.3 Å². The van der Waals surface area contributed by atoms with Crippen LogP contribution in [0.4, 0.5) is 0 Å². The number of aliphatic hydroxyl groups is 1. The summed E-state index contributed by atoms with van der Waals surface area (Å²) in [6, 6.07) is 9.89. The maximum atomic E-state index is 12.0. The third-order valence-electron chi connectivity index (χ3n) is 4.25. The molecule has 1 aliphatic rings. The van der Waals surface area contributed by atoms with Gasteiger partial charge in [-0.3, -0.25) is 4.79 Å². The van der Waals surface area contributed by atoms with E-state index < -0.39 is 17.7 Å². The molecule has 1 aromatic carbocycles. The van der Waals surface area contributed by atoms with E-state index in [-0.39, 0.29) is 25.2 Å². The van der Waals surface area contributed by atoms with E-state index in [1.54, 1.807) is 20.8 Å². The summed E-state index contributed by atoms with van der Waals surface area (Å²) in [6.07, 6.45) is 1.65. The zero-order valence-corrected chi connectivity index (χ0v) is 17.3. The van der Waals surface area contributed by atoms with E-state index in [4.69, 9.17) is 18.9 Å². The number of hydrogen-bond donors (Lipinski definition) is 1. The predicted octanol–water partition coefficient (Wildman–Crippen LogP) is 3.60. The summed E-state index contributed by atoms with van der Waals surface area (Å²) < 4.78 is 22.8. The summed E-state index contributed by atoms with van der Waals surface area (Å²) in [6.45, 7) is 6.89. The van der Waals surface area contributed by atoms with Gasteiger partial charge >= 0.3 is 5.97 Å². The van der Waals surface area contributed by atoms with Crippen LogP contribution in [0.5, 0.6) is 0 Å². The molecule has 1 aromatic rings. The largest absolute Gasteiger partial charge is 0.460 e. The van der Waals surface area contributed by atoms with Crippen LogP contribution in [-0.2, 0) is 30.3 Å². The van der Waals surface area contributed by atoms with E-state index >= 15 is 0 Å². The lowest BCUT2D eigenvalue weighted by Gasteiger charge is -2.29. The van der Waals surface area contributed by atoms with E-state index in [0.717, 1.165) is 24.8 Å². The van der Waals surface area contributed by atoms with Crippen LogP contribution >= 0.6 is 0 Å². The van der Waals surface area contributed by atoms with Crippen molar-refractivity contribution in [1.29, 1.82) is 0 Å². The summed E-state index contributed by atoms with van der Waals surface area (Å²) in [5.41, 5.74) is 0.506. The Morgan fingerprint density at radius 2 is 2.00 bits per heavy atom. The first kappa shape index (κ1) is 22.8. The van der Waals surface area contributed by atoms with Gasteiger partial charge in [0.15, 0.2) is 6.29 Å². The molecular weight excluding hydrogens is 360 g/mol. The normalized spacial score (nSPS) is 19.8. The van der Waals surface area contributed by atoms with Crippen molar-refractivity contribution < 1.29 is 28.8 Å². The van der Waals surface area contributed by atoms with Crippen LogP contribution in [0.25, 0.3) is 0 Å². The van der Waals surface area contributed by atoms with Crippen LogP contribution in [-0.4, -0.2) is 48.4 Å². The van der Waals surface area contributed by atoms with E-state index in [0.29, 0.717) is 19.8 Å². The Labute approximate surface area is 168 Å². The van der Waals surface area contributed by atoms with Gasteiger partial charge in [-0.15, -0.1) is 0 Å². The number of ether oxygens (including phenoxy) is 4. The van der Waals surface area contributed by atoms with Gasteiger partial charge in [0.05, 0.1) is 31.8 Å². The Morgan fingerprint density at radius 1 is 1.25 bits per heavy atom. The lowest BCUT2D eigenvalue weighted by molar-refractivity contribution is -0.204. The van der Waals surface area contributed by atoms with E-state index in [1.165, 1.54) is 0 Å². The van der Waals surface area contributed by atoms with Crippen molar-refractivity contribution in [2.75, 3.05) is 13.2 Å². The molecule has 1 heterocycles. The number of rotatable bonds is 10. The number of carbonyl (C=O) groups is 1. The molecule has 1 fully saturated rings. The molecule has 0 spiro atoms. The molecule has 3 atom stereocenters. The van der Waals surface area contributed by atoms with Gasteiger partial charge in [0.2, 0.25) is 0 Å². The number of aliphatic hydroxyl groups excluding tert-OH is 1. The van der Waals surface area contributed by atoms with Gasteiger partial charge in [-0.25, -0.2) is 0 Å². The summed E-state index contributed by atoms with van der Waals surface area (Å²) >= 11 is 0. The van der Waals surface area contributed by atoms with Crippen LogP contribution < -0.4 is 0 Å². The van der Waals surface area contributed by atoms with E-state index in [1.807, 2.05) is 30.3 Å². The highest BCUT2D eigenvalue weighted by molar-refractivity contribution is 5.70. The fourth-order valence-corrected chi connectivity index (χ4v) is 3.04. The first-order valence-corrected chi connectivity index (χ1v) is 10.1. The second-order valence-corrected chi connectivity index (χ2v) is 8.24. The molecule has 1 unspecified atom stereocenters. The Morgan fingerprint density at radius 3 is 2.64 bits per heavy atom. The van der Waals surface area contributed by atoms with Gasteiger partial charge in [0.1, 0.15) is 5.60 Å². The molecule has 158 valence electrons. The summed E-state index contributed by atoms with van der Waals surface area (Å²) in [5.74, 6) is -0.419. The van der Waals surface area contributed by atoms with Gasteiger partial charge in [0.25, 0.3) is 0 Å². The average molecular weight is 395 g/mol. The molecule has 0 radical (unpaired) electrons. The minimum atomic E-state index is -0.858. The molecule has 1 saturated heterocycles. The number of benzene rings is 1. The molecule has 6 heteroatoms. The maximum absolute atomic E-state index is 12.0. The first-order valence-electron chi connectivity index (χ1n) is 10.1. The van der Waals surface area contributed by atoms with Crippen molar-refractivity contribution in [3.05, 3.63) is 35.9 Å². The third-order valence-corrected chi connectivity index (χ3v) is 4.25. The standard InChI is InChI=1S/C22H34O6/c1-22(2,3)28-20(24)14-18(23)13-19(27-21-11-7-8-12-26-21)16-25-15-17-9-5-4-6-10-17/h4-6,9-10,18-19,21,23H,7-8,11-16H2,1-3H3/t18-,19+,21?/m1/s1. The molecule has 0 amide bonds. The van der Waals surface area contributed by atoms with Gasteiger partial charge in [-0.1, -0.05) is 30.3 Å². The van der Waals surface area contributed by atoms with Crippen molar-refractivity contribution in [2.45, 2.75) is 83.6 Å². The van der Waals surface area contributed by atoms with Crippen LogP contribution in [0, 0.1) is 0 Å². The Hall–Kier alpha value is -1.47. The third kappa shape index (κ3) is 9.64. The van der Waals surface area contributed by atoms with Crippen molar-refractivity contribution in [1.82, 2.24) is 0 Å². The average Bonchev–Trinajstić information content (AvgIpc) is 2.61. The highest BCUT2D eigenvalue weighted by Crippen LogP contribution is 2.19. The van der Waals surface area contributed by atoms with Gasteiger partial charge in [-0.05, 0) is 45.6 Å². The zero-order valence-electron chi connectivity index (χ0n) is 17.3. The Balaban J connectivity index is 1.84. The summed E-state index contributed by atoms with van der Waals surface area (Å²) in [4.78, 5) is 12.0. The second kappa shape index (κ2) is 11.5. The molecule has 0 bridgehead atoms. The molecule has 1 N–H and O–H groups in total. The topological polar surface area (TPSA) is 74.2 Å². The fourth-order valence-electron chi connectivity index (χ4n) is 3.04. The predicted molar refractivity (Wildman–Crippen MR) is 106 cm³/mol. The highest BCUT2D eigenvalue weighted by atomic mass is 16.7. The Bertz CT molecular complexity index is 562. The van der Waals surface area contributed by atoms with Crippen LogP contribution in [0.2, 0.25) is 0 Å². The van der Waals surface area contributed by atoms with Crippen LogP contribution in [0.3, 0.4) is 0 Å². The number of carbonyl (C=O) groups excluding carboxylic acids is 1. The van der Waals surface area contributed by atoms with Gasteiger partial charge in [0, 0.05) is 13.0 Å². The van der Waals surface area contributed by atoms with Gasteiger partial charge in [-0.2, -0.15) is 0 Å². The lowest BCUT2D eigenvalue weighted by atomic mass is 10.1. The van der Waals surface area contributed by atoms with Crippen molar-refractivity contribution >= 4 is 5.97 Å². The maximum Gasteiger partial charge on any atom is 0.308 e. The smallest absolute Gasteiger partial charge is 0.308 e. The van der Waals surface area contributed by atoms with Crippen molar-refractivity contribution in [3.8, 4) is 0 Å². The molecule has 6 nitrogen and oxygen atoms in total. The summed E-state index contributed by atoms with van der Waals surface area (Å²) in [7, 11) is 0. The van der Waals surface area contributed by atoms with Gasteiger partial charge < -0.3 is 24.1 Å². The van der Waals surface area contributed by atoms with E-state index in [9.17, 15) is 9.90 Å². The van der Waals surface area contributed by atoms with E-state index in [2.05, 4.69) is 0 Å². The van der Waals surface area contributed by atoms with Crippen LogP contribution in [0.1, 0.15) is 58.4 Å². The fraction of sp³-hybridized carbons (Fsp3) is 0.682. The zero-order chi connectivity index (χ0) is 20.4. The molecule has 2 rings (SSSR count). The molecular formula is C22H34O6. The first-order chi connectivity index (χ1) is 13.3. The molecule has 0 aromatic heterocycles. The quantitative estimate of drug-likeness (QED) is 0.611. The second-order valence-electron chi connectivity index (χ2n) is 8.24. The SMILES string of the molecule is CC(C)(C)OC(=O)C[C@H](O)C[C@@H](COCc1ccccc1)OC1CCCCO1. The van der Waals surface area contributed by atoms with Crippen molar-refractivity contribution in [3.63, 3.8) is 0 Å². The molecule has 1 aliphatic heterocycles. The van der Waals surface area contributed by atoms with Crippen molar-refractivity contribution in [2.24, 2.45) is 0 Å². The number of hydrogen-bond acceptors (Lipinski definition) is 6. The monoisotopic (exact) mass is 394 g/mol. The lowest BCUT2D eigenvalue weighted by Crippen LogP contribution is -2.34. The Kier molecular flexibility index (Phi) is 9.38. The number of esters is 1. The summed E-state index contributed by atoms with van der Waals surface area (Å²) in [5, 5.41) is 10.4.